The van der Waals surface area contributed by atoms with Gasteiger partial charge < -0.3 is 4.90 Å². The third kappa shape index (κ3) is 2.59. The number of benzene rings is 2. The predicted molar refractivity (Wildman–Crippen MR) is 107 cm³/mol. The summed E-state index contributed by atoms with van der Waals surface area (Å²) in [6, 6.07) is 16.2. The van der Waals surface area contributed by atoms with Crippen LogP contribution in [0, 0.1) is 0 Å². The fraction of sp³-hybridized carbons (Fsp3) is 0.300. The van der Waals surface area contributed by atoms with E-state index >= 15 is 0 Å². The van der Waals surface area contributed by atoms with Gasteiger partial charge in [-0.25, -0.2) is 0 Å². The normalized spacial score (nSPS) is 22.9. The van der Waals surface area contributed by atoms with Crippen LogP contribution in [-0.4, -0.2) is 36.6 Å². The van der Waals surface area contributed by atoms with E-state index in [0.717, 1.165) is 11.1 Å². The Kier molecular flexibility index (Phi) is 4.29. The molecule has 0 fully saturated rings. The van der Waals surface area contributed by atoms with Gasteiger partial charge in [0, 0.05) is 18.3 Å². The molecule has 158 valence electrons. The SMILES string of the molecule is CN1c2ccccc2C(c2ccccc2)=C[C@]12N(S(=O)(=O)C(F)(F)F)N=NC2(C)C. The van der Waals surface area contributed by atoms with Gasteiger partial charge in [-0.3, -0.25) is 0 Å². The Labute approximate surface area is 172 Å². The molecule has 2 aliphatic heterocycles. The Balaban J connectivity index is 2.06. The van der Waals surface area contributed by atoms with Crippen LogP contribution in [0.3, 0.4) is 0 Å². The molecule has 0 saturated heterocycles. The molecule has 0 N–H and O–H groups in total. The molecule has 1 spiro atoms. The van der Waals surface area contributed by atoms with Crippen molar-refractivity contribution in [2.75, 3.05) is 11.9 Å². The van der Waals surface area contributed by atoms with Gasteiger partial charge in [-0.15, -0.1) is 4.41 Å². The predicted octanol–water partition coefficient (Wildman–Crippen LogP) is 4.58. The fourth-order valence-electron chi connectivity index (χ4n) is 4.04. The number of nitrogens with zero attached hydrogens (tertiary/aromatic N) is 4. The molecule has 10 heteroatoms. The van der Waals surface area contributed by atoms with Crippen molar-refractivity contribution in [1.82, 2.24) is 4.41 Å². The lowest BCUT2D eigenvalue weighted by molar-refractivity contribution is -0.0514. The second-order valence-electron chi connectivity index (χ2n) is 7.67. The summed E-state index contributed by atoms with van der Waals surface area (Å²) >= 11 is 0. The monoisotopic (exact) mass is 436 g/mol. The molecule has 0 aliphatic carbocycles. The molecule has 0 radical (unpaired) electrons. The van der Waals surface area contributed by atoms with Gasteiger partial charge in [0.05, 0.1) is 0 Å². The minimum Gasteiger partial charge on any atom is -0.344 e. The van der Waals surface area contributed by atoms with Gasteiger partial charge in [0.15, 0.2) is 5.66 Å². The fourth-order valence-corrected chi connectivity index (χ4v) is 5.13. The van der Waals surface area contributed by atoms with Gasteiger partial charge in [-0.2, -0.15) is 26.7 Å². The van der Waals surface area contributed by atoms with E-state index in [-0.39, 0.29) is 4.41 Å². The first-order valence-corrected chi connectivity index (χ1v) is 10.5. The summed E-state index contributed by atoms with van der Waals surface area (Å²) in [5, 5.41) is 7.46. The molecule has 2 aliphatic rings. The van der Waals surface area contributed by atoms with Gasteiger partial charge >= 0.3 is 15.5 Å². The summed E-state index contributed by atoms with van der Waals surface area (Å²) in [6.07, 6.45) is 1.52. The second kappa shape index (κ2) is 6.31. The smallest absolute Gasteiger partial charge is 0.344 e. The van der Waals surface area contributed by atoms with E-state index in [9.17, 15) is 21.6 Å². The highest BCUT2D eigenvalue weighted by molar-refractivity contribution is 7.90. The van der Waals surface area contributed by atoms with Gasteiger partial charge in [0.2, 0.25) is 0 Å². The van der Waals surface area contributed by atoms with E-state index < -0.39 is 26.7 Å². The van der Waals surface area contributed by atoms with Crippen LogP contribution < -0.4 is 4.90 Å². The average molecular weight is 436 g/mol. The Morgan fingerprint density at radius 3 is 2.20 bits per heavy atom. The quantitative estimate of drug-likeness (QED) is 0.693. The minimum atomic E-state index is -5.81. The number of halogens is 3. The van der Waals surface area contributed by atoms with Crippen LogP contribution in [0.25, 0.3) is 5.57 Å². The topological polar surface area (TPSA) is 65.3 Å². The summed E-state index contributed by atoms with van der Waals surface area (Å²) in [6.45, 7) is 3.12. The van der Waals surface area contributed by atoms with Gasteiger partial charge in [0.1, 0.15) is 5.54 Å². The van der Waals surface area contributed by atoms with E-state index in [2.05, 4.69) is 10.3 Å². The van der Waals surface area contributed by atoms with Crippen LogP contribution in [0.5, 0.6) is 0 Å². The first-order valence-electron chi connectivity index (χ1n) is 9.09. The first kappa shape index (κ1) is 20.4. The van der Waals surface area contributed by atoms with Crippen molar-refractivity contribution < 1.29 is 21.6 Å². The molecule has 30 heavy (non-hydrogen) atoms. The Morgan fingerprint density at radius 1 is 0.967 bits per heavy atom. The third-order valence-corrected chi connectivity index (χ3v) is 6.98. The number of anilines is 1. The zero-order valence-electron chi connectivity index (χ0n) is 16.4. The number of fused-ring (bicyclic) bond motifs is 1. The lowest BCUT2D eigenvalue weighted by atomic mass is 9.79. The number of para-hydroxylation sites is 1. The van der Waals surface area contributed by atoms with Crippen molar-refractivity contribution in [1.29, 1.82) is 0 Å². The largest absolute Gasteiger partial charge is 0.518 e. The molecule has 0 amide bonds. The molecule has 1 atom stereocenters. The number of likely N-dealkylation sites (N-methyl/N-ethyl adjacent to an activating group) is 1. The standard InChI is InChI=1S/C20H19F3N4O2S/c1-18(2)19(27(25-24-18)30(28,29)20(21,22)23)13-16(14-9-5-4-6-10-14)15-11-7-8-12-17(15)26(19)3/h4-13H,1-3H3/t19-/m1/s1. The molecule has 6 nitrogen and oxygen atoms in total. The van der Waals surface area contributed by atoms with Crippen LogP contribution in [0.1, 0.15) is 25.0 Å². The maximum Gasteiger partial charge on any atom is 0.518 e. The number of hydrogen-bond donors (Lipinski definition) is 0. The van der Waals surface area contributed by atoms with Gasteiger partial charge in [-0.05, 0) is 37.1 Å². The zero-order chi connectivity index (χ0) is 21.9. The van der Waals surface area contributed by atoms with E-state index in [1.807, 2.05) is 42.5 Å². The molecule has 4 rings (SSSR count). The summed E-state index contributed by atoms with van der Waals surface area (Å²) < 4.78 is 65.8. The van der Waals surface area contributed by atoms with Crippen molar-refractivity contribution in [3.63, 3.8) is 0 Å². The van der Waals surface area contributed by atoms with Crippen molar-refractivity contribution in [2.45, 2.75) is 30.6 Å². The Morgan fingerprint density at radius 2 is 1.57 bits per heavy atom. The van der Waals surface area contributed by atoms with Crippen molar-refractivity contribution >= 4 is 21.3 Å². The Bertz CT molecular complexity index is 1160. The highest BCUT2D eigenvalue weighted by Crippen LogP contribution is 2.52. The molecule has 0 saturated carbocycles. The first-order chi connectivity index (χ1) is 13.9. The number of rotatable bonds is 2. The van der Waals surface area contributed by atoms with E-state index in [1.165, 1.54) is 11.0 Å². The molecule has 2 aromatic carbocycles. The van der Waals surface area contributed by atoms with Crippen molar-refractivity contribution in [3.8, 4) is 0 Å². The molecule has 0 bridgehead atoms. The third-order valence-electron chi connectivity index (χ3n) is 5.59. The maximum atomic E-state index is 13.5. The lowest BCUT2D eigenvalue weighted by Gasteiger charge is -2.50. The molecule has 0 unspecified atom stereocenters. The van der Waals surface area contributed by atoms with Crippen LogP contribution >= 0.6 is 0 Å². The van der Waals surface area contributed by atoms with Crippen LogP contribution in [-0.2, 0) is 10.0 Å². The molecule has 2 heterocycles. The summed E-state index contributed by atoms with van der Waals surface area (Å²) in [7, 11) is -4.26. The zero-order valence-corrected chi connectivity index (χ0v) is 17.2. The summed E-state index contributed by atoms with van der Waals surface area (Å²) in [4.78, 5) is 1.50. The van der Waals surface area contributed by atoms with E-state index in [1.54, 1.807) is 33.0 Å². The second-order valence-corrected chi connectivity index (χ2v) is 9.43. The maximum absolute atomic E-state index is 13.5. The lowest BCUT2D eigenvalue weighted by Crippen LogP contribution is -2.68. The molecule has 0 aromatic heterocycles. The Hall–Kier alpha value is -2.88. The molecular weight excluding hydrogens is 417 g/mol. The van der Waals surface area contributed by atoms with E-state index in [0.29, 0.717) is 11.3 Å². The van der Waals surface area contributed by atoms with E-state index in [4.69, 9.17) is 0 Å². The summed E-state index contributed by atoms with van der Waals surface area (Å²) in [5.41, 5.74) is -5.99. The van der Waals surface area contributed by atoms with Crippen molar-refractivity contribution in [2.24, 2.45) is 10.3 Å². The van der Waals surface area contributed by atoms with Gasteiger partial charge in [0.25, 0.3) is 0 Å². The number of hydrogen-bond acceptors (Lipinski definition) is 5. The highest BCUT2D eigenvalue weighted by atomic mass is 32.2. The summed E-state index contributed by atoms with van der Waals surface area (Å²) in [5.74, 6) is 0. The van der Waals surface area contributed by atoms with Crippen LogP contribution in [0.2, 0.25) is 0 Å². The highest BCUT2D eigenvalue weighted by Gasteiger charge is 2.67. The van der Waals surface area contributed by atoms with Gasteiger partial charge in [-0.1, -0.05) is 53.8 Å². The number of sulfonamides is 1. The average Bonchev–Trinajstić information content (AvgIpc) is 2.96. The molecular formula is C20H19F3N4O2S. The van der Waals surface area contributed by atoms with Crippen molar-refractivity contribution in [3.05, 3.63) is 71.8 Å². The minimum absolute atomic E-state index is 0.0961. The number of alkyl halides is 3. The van der Waals surface area contributed by atoms with Crippen LogP contribution in [0.4, 0.5) is 18.9 Å². The molecule has 2 aromatic rings. The van der Waals surface area contributed by atoms with Crippen LogP contribution in [0.15, 0.2) is 71.0 Å².